The smallest absolute Gasteiger partial charge is 0.177 e. The zero-order valence-corrected chi connectivity index (χ0v) is 10.5. The summed E-state index contributed by atoms with van der Waals surface area (Å²) in [6.07, 6.45) is 3.80. The highest BCUT2D eigenvalue weighted by Gasteiger charge is 2.27. The van der Waals surface area contributed by atoms with Crippen molar-refractivity contribution >= 4 is 21.8 Å². The second kappa shape index (κ2) is 4.49. The molecule has 0 spiro atoms. The molecule has 0 aliphatic carbocycles. The molecule has 0 amide bonds. The van der Waals surface area contributed by atoms with Gasteiger partial charge in [0.25, 0.3) is 0 Å². The maximum atomic E-state index is 11.7. The van der Waals surface area contributed by atoms with Crippen molar-refractivity contribution in [3.63, 3.8) is 0 Å². The fourth-order valence-electron chi connectivity index (χ4n) is 2.24. The number of sulfone groups is 1. The van der Waals surface area contributed by atoms with E-state index in [0.29, 0.717) is 10.6 Å². The van der Waals surface area contributed by atoms with Crippen LogP contribution in [0.15, 0.2) is 29.2 Å². The average molecular weight is 253 g/mol. The Hall–Kier alpha value is -1.36. The van der Waals surface area contributed by atoms with Gasteiger partial charge in [-0.25, -0.2) is 8.42 Å². The minimum atomic E-state index is -3.26. The van der Waals surface area contributed by atoms with Crippen LogP contribution in [-0.4, -0.2) is 33.5 Å². The lowest BCUT2D eigenvalue weighted by Gasteiger charge is -2.24. The zero-order chi connectivity index (χ0) is 12.5. The van der Waals surface area contributed by atoms with Gasteiger partial charge in [0, 0.05) is 12.8 Å². The molecule has 1 aliphatic rings. The molecular formula is C12H15NO3S. The molecule has 0 aromatic heterocycles. The fourth-order valence-corrected chi connectivity index (χ4v) is 3.13. The van der Waals surface area contributed by atoms with Crippen LogP contribution in [0.4, 0.5) is 5.69 Å². The number of rotatable bonds is 3. The van der Waals surface area contributed by atoms with Gasteiger partial charge < -0.3 is 9.69 Å². The monoisotopic (exact) mass is 253 g/mol. The van der Waals surface area contributed by atoms with Crippen LogP contribution in [0.5, 0.6) is 0 Å². The lowest BCUT2D eigenvalue weighted by Crippen LogP contribution is -2.31. The van der Waals surface area contributed by atoms with Crippen LogP contribution >= 0.6 is 0 Å². The van der Waals surface area contributed by atoms with E-state index in [0.717, 1.165) is 25.7 Å². The molecule has 0 bridgehead atoms. The summed E-state index contributed by atoms with van der Waals surface area (Å²) in [5, 5.41) is 0. The van der Waals surface area contributed by atoms with Crippen molar-refractivity contribution in [2.24, 2.45) is 0 Å². The van der Waals surface area contributed by atoms with Gasteiger partial charge in [0.2, 0.25) is 0 Å². The predicted octanol–water partition coefficient (Wildman–Crippen LogP) is 1.26. The van der Waals surface area contributed by atoms with Gasteiger partial charge in [0.05, 0.1) is 16.6 Å². The average Bonchev–Trinajstić information content (AvgIpc) is 2.75. The van der Waals surface area contributed by atoms with Crippen molar-refractivity contribution in [2.75, 3.05) is 17.7 Å². The third-order valence-corrected chi connectivity index (χ3v) is 4.17. The molecule has 4 nitrogen and oxygen atoms in total. The predicted molar refractivity (Wildman–Crippen MR) is 66.0 cm³/mol. The molecule has 17 heavy (non-hydrogen) atoms. The molecule has 1 fully saturated rings. The molecule has 1 aromatic rings. The first kappa shape index (κ1) is 12.1. The Morgan fingerprint density at radius 1 is 1.35 bits per heavy atom. The van der Waals surface area contributed by atoms with Gasteiger partial charge >= 0.3 is 0 Å². The van der Waals surface area contributed by atoms with E-state index in [-0.39, 0.29) is 6.04 Å². The van der Waals surface area contributed by atoms with Gasteiger partial charge in [-0.3, -0.25) is 0 Å². The highest BCUT2D eigenvalue weighted by molar-refractivity contribution is 7.90. The normalized spacial score (nSPS) is 20.5. The number of carbonyl (C=O) groups excluding carboxylic acids is 1. The van der Waals surface area contributed by atoms with Crippen LogP contribution in [0.1, 0.15) is 12.8 Å². The highest BCUT2D eigenvalue weighted by Crippen LogP contribution is 2.30. The molecule has 0 radical (unpaired) electrons. The fraction of sp³-hybridized carbons (Fsp3) is 0.417. The van der Waals surface area contributed by atoms with Crippen LogP contribution < -0.4 is 4.90 Å². The van der Waals surface area contributed by atoms with E-state index >= 15 is 0 Å². The van der Waals surface area contributed by atoms with Crippen molar-refractivity contribution in [3.8, 4) is 0 Å². The summed E-state index contributed by atoms with van der Waals surface area (Å²) < 4.78 is 23.4. The first-order valence-electron chi connectivity index (χ1n) is 5.55. The second-order valence-electron chi connectivity index (χ2n) is 4.28. The summed E-state index contributed by atoms with van der Waals surface area (Å²) in [7, 11) is -3.26. The van der Waals surface area contributed by atoms with E-state index in [2.05, 4.69) is 0 Å². The standard InChI is InChI=1S/C12H15NO3S/c1-17(15,16)12-7-3-2-6-11(12)13-8-4-5-10(13)9-14/h2-3,6-7,9-10H,4-5,8H2,1H3. The Morgan fingerprint density at radius 3 is 2.71 bits per heavy atom. The number of hydrogen-bond donors (Lipinski definition) is 0. The van der Waals surface area contributed by atoms with E-state index in [4.69, 9.17) is 0 Å². The van der Waals surface area contributed by atoms with E-state index in [1.54, 1.807) is 24.3 Å². The van der Waals surface area contributed by atoms with Crippen molar-refractivity contribution < 1.29 is 13.2 Å². The second-order valence-corrected chi connectivity index (χ2v) is 6.26. The first-order chi connectivity index (χ1) is 8.04. The zero-order valence-electron chi connectivity index (χ0n) is 9.67. The summed E-state index contributed by atoms with van der Waals surface area (Å²) in [6.45, 7) is 0.732. The first-order valence-corrected chi connectivity index (χ1v) is 7.44. The van der Waals surface area contributed by atoms with Gasteiger partial charge in [-0.2, -0.15) is 0 Å². The van der Waals surface area contributed by atoms with Crippen molar-refractivity contribution in [1.82, 2.24) is 0 Å². The number of hydrogen-bond acceptors (Lipinski definition) is 4. The quantitative estimate of drug-likeness (QED) is 0.761. The Labute approximate surface area is 101 Å². The molecule has 1 unspecified atom stereocenters. The molecule has 1 heterocycles. The summed E-state index contributed by atoms with van der Waals surface area (Å²) in [5.41, 5.74) is 0.643. The topological polar surface area (TPSA) is 54.5 Å². The third-order valence-electron chi connectivity index (χ3n) is 3.03. The molecule has 5 heteroatoms. The van der Waals surface area contributed by atoms with Gasteiger partial charge in [0.15, 0.2) is 9.84 Å². The van der Waals surface area contributed by atoms with Crippen molar-refractivity contribution in [1.29, 1.82) is 0 Å². The summed E-state index contributed by atoms with van der Waals surface area (Å²) in [6, 6.07) is 6.65. The molecular weight excluding hydrogens is 238 g/mol. The number of carbonyl (C=O) groups is 1. The molecule has 1 aliphatic heterocycles. The van der Waals surface area contributed by atoms with Gasteiger partial charge in [-0.15, -0.1) is 0 Å². The minimum absolute atomic E-state index is 0.196. The van der Waals surface area contributed by atoms with Crippen LogP contribution in [0.25, 0.3) is 0 Å². The maximum Gasteiger partial charge on any atom is 0.177 e. The van der Waals surface area contributed by atoms with Crippen LogP contribution in [0.2, 0.25) is 0 Å². The van der Waals surface area contributed by atoms with E-state index in [1.165, 1.54) is 6.26 Å². The molecule has 1 saturated heterocycles. The summed E-state index contributed by atoms with van der Waals surface area (Å²) >= 11 is 0. The largest absolute Gasteiger partial charge is 0.361 e. The molecule has 2 rings (SSSR count). The maximum absolute atomic E-state index is 11.7. The van der Waals surface area contributed by atoms with E-state index in [9.17, 15) is 13.2 Å². The Kier molecular flexibility index (Phi) is 3.19. The van der Waals surface area contributed by atoms with Crippen molar-refractivity contribution in [2.45, 2.75) is 23.8 Å². The number of para-hydroxylation sites is 1. The molecule has 92 valence electrons. The van der Waals surface area contributed by atoms with Crippen molar-refractivity contribution in [3.05, 3.63) is 24.3 Å². The Bertz CT molecular complexity index is 524. The number of anilines is 1. The number of benzene rings is 1. The summed E-state index contributed by atoms with van der Waals surface area (Å²) in [4.78, 5) is 13.1. The molecule has 1 aromatic carbocycles. The SMILES string of the molecule is CS(=O)(=O)c1ccccc1N1CCCC1C=O. The molecule has 1 atom stereocenters. The van der Waals surface area contributed by atoms with Crippen LogP contribution in [0, 0.1) is 0 Å². The van der Waals surface area contributed by atoms with Gasteiger partial charge in [-0.05, 0) is 25.0 Å². The van der Waals surface area contributed by atoms with Gasteiger partial charge in [0.1, 0.15) is 6.29 Å². The minimum Gasteiger partial charge on any atom is -0.361 e. The van der Waals surface area contributed by atoms with E-state index in [1.807, 2.05) is 4.90 Å². The van der Waals surface area contributed by atoms with Crippen LogP contribution in [-0.2, 0) is 14.6 Å². The molecule has 0 N–H and O–H groups in total. The number of aldehydes is 1. The lowest BCUT2D eigenvalue weighted by molar-refractivity contribution is -0.108. The van der Waals surface area contributed by atoms with E-state index < -0.39 is 9.84 Å². The lowest BCUT2D eigenvalue weighted by atomic mass is 10.2. The molecule has 0 saturated carbocycles. The summed E-state index contributed by atoms with van der Waals surface area (Å²) in [5.74, 6) is 0. The van der Waals surface area contributed by atoms with Gasteiger partial charge in [-0.1, -0.05) is 12.1 Å². The Balaban J connectivity index is 2.49. The Morgan fingerprint density at radius 2 is 2.06 bits per heavy atom. The highest BCUT2D eigenvalue weighted by atomic mass is 32.2. The third kappa shape index (κ3) is 2.34. The van der Waals surface area contributed by atoms with Crippen LogP contribution in [0.3, 0.4) is 0 Å². The number of nitrogens with zero attached hydrogens (tertiary/aromatic N) is 1.